The van der Waals surface area contributed by atoms with E-state index in [1.54, 1.807) is 66.7 Å². The van der Waals surface area contributed by atoms with Crippen LogP contribution >= 0.6 is 47.8 Å². The topological polar surface area (TPSA) is 569 Å². The van der Waals surface area contributed by atoms with Gasteiger partial charge in [-0.25, -0.2) is 31.9 Å². The van der Waals surface area contributed by atoms with Crippen molar-refractivity contribution in [3.63, 3.8) is 0 Å². The number of ether oxygens (including phenoxy) is 16. The van der Waals surface area contributed by atoms with Gasteiger partial charge in [0.1, 0.15) is 82.5 Å². The molecule has 0 spiro atoms. The van der Waals surface area contributed by atoms with Crippen LogP contribution in [0.5, 0.6) is 11.5 Å². The fraction of sp³-hybridized carbons (Fsp3) is 0.550. The van der Waals surface area contributed by atoms with Gasteiger partial charge in [0, 0.05) is 118 Å². The number of benzene rings is 5. The molecule has 5 aromatic carbocycles. The minimum atomic E-state index is -1.51. The summed E-state index contributed by atoms with van der Waals surface area (Å²) in [6.45, 7) is 3.14. The van der Waals surface area contributed by atoms with E-state index in [1.165, 1.54) is 45.9 Å². The Morgan fingerprint density at radius 1 is 0.467 bits per heavy atom. The summed E-state index contributed by atoms with van der Waals surface area (Å²) < 4.78 is 157. The Hall–Kier alpha value is -9.93. The molecule has 3 aliphatic heterocycles. The van der Waals surface area contributed by atoms with E-state index in [4.69, 9.17) is 87.4 Å². The fourth-order valence-corrected chi connectivity index (χ4v) is 16.7. The molecular formula is C100H133Br3F4N16O27. The number of aromatic nitrogens is 7. The number of nitrogens with one attached hydrogen (secondary N) is 5. The van der Waals surface area contributed by atoms with Crippen molar-refractivity contribution in [1.29, 1.82) is 0 Å². The predicted molar refractivity (Wildman–Crippen MR) is 545 cm³/mol. The third kappa shape index (κ3) is 40.5. The van der Waals surface area contributed by atoms with Crippen LogP contribution in [-0.4, -0.2) is 359 Å². The number of carbonyl (C=O) groups is 4. The first-order valence-corrected chi connectivity index (χ1v) is 51.8. The highest BCUT2D eigenvalue weighted by Gasteiger charge is 2.41. The maximum absolute atomic E-state index is 15.0. The molecule has 43 nitrogen and oxygen atoms in total. The van der Waals surface area contributed by atoms with E-state index in [9.17, 15) is 72.5 Å². The number of hydrogen-bond acceptors (Lipinski definition) is 37. The predicted octanol–water partition coefficient (Wildman–Crippen LogP) is 5.57. The van der Waals surface area contributed by atoms with Gasteiger partial charge in [0.25, 0.3) is 0 Å². The molecule has 0 radical (unpaired) electrons. The number of rotatable bonds is 70. The number of pyridine rings is 1. The number of amides is 4. The maximum atomic E-state index is 15.0. The standard InChI is InChI=1S/C100H133Br3F4N16O27/c101-68-7-3-65(73(104)53-68)57-114-79(91(108)97-94(132)84(125)18-34-148-97)15-28-135-40-46-141-49-43-138-37-24-110-87(128)21-31-144-61-100(116-90(131)2-1-27-147-72-11-13-77-64(52-72)6-12-78(115-77)80(117-109)58-113-71-10-14-83(124)76(107)56-71,62-145-32-22-88(129)111-25-38-139-44-50-142-47-41-136-29-16-81-92(98-95(133)85(126)19-35-149-98)118-120-122(81)59-66-4-8-69(102)54-74(66)105)63-146-33-23-89(130)112-26-39-140-45-51-143-48-42-137-30-17-82-93(99-96(134)86(127)20-36-150-99)119-121-123(82)60-67-5-9-70(103)55-75(67)106/h3-14,52-56,58,84-86,94-99,114,124-127,132-134H,1-2,15-51,57,59-63,108-109H2,(H,110,128)(H,111,129)(H,112,130)(H,116,131)/b91-79-,113-58?,117-80?/t84-,85-,86-,94-,95-,96-,97-,98-,99-/m1/s1. The second kappa shape index (κ2) is 65.6. The lowest BCUT2D eigenvalue weighted by Crippen LogP contribution is -2.58. The number of halogens is 7. The smallest absolute Gasteiger partial charge is 0.222 e. The van der Waals surface area contributed by atoms with Crippen LogP contribution in [-0.2, 0) is 123 Å². The second-order valence-electron chi connectivity index (χ2n) is 35.0. The number of aliphatic hydroxyl groups excluding tert-OH is 6. The third-order valence-corrected chi connectivity index (χ3v) is 25.3. The summed E-state index contributed by atoms with van der Waals surface area (Å²) in [6, 6.07) is 26.3. The molecule has 3 aromatic heterocycles. The number of hydrazone groups is 1. The number of aliphatic hydroxyl groups is 6. The lowest BCUT2D eigenvalue weighted by atomic mass is 9.98. The summed E-state index contributed by atoms with van der Waals surface area (Å²) >= 11 is 9.84. The summed E-state index contributed by atoms with van der Waals surface area (Å²) in [5.74, 6) is 1.81. The molecule has 50 heteroatoms. The first-order chi connectivity index (χ1) is 72.7. The molecular weight excluding hydrogens is 2170 g/mol. The van der Waals surface area contributed by atoms with Crippen molar-refractivity contribution in [3.05, 3.63) is 196 Å². The molecule has 4 amide bonds. The third-order valence-electron chi connectivity index (χ3n) is 23.9. The number of nitrogens with two attached hydrogens (primary N) is 2. The van der Waals surface area contributed by atoms with Crippen LogP contribution in [0, 0.1) is 23.3 Å². The number of hydrogen-bond donors (Lipinski definition) is 14. The molecule has 0 bridgehead atoms. The summed E-state index contributed by atoms with van der Waals surface area (Å²) in [5.41, 5.74) is 9.70. The van der Waals surface area contributed by atoms with Crippen molar-refractivity contribution in [1.82, 2.24) is 61.6 Å². The monoisotopic (exact) mass is 2300 g/mol. The van der Waals surface area contributed by atoms with Crippen molar-refractivity contribution < 1.29 is 148 Å². The number of fused-ring (bicyclic) bond motifs is 1. The molecule has 9 atom stereocenters. The molecule has 6 heterocycles. The zero-order valence-corrected chi connectivity index (χ0v) is 87.8. The van der Waals surface area contributed by atoms with E-state index in [1.807, 2.05) is 0 Å². The van der Waals surface area contributed by atoms with Crippen LogP contribution in [0.15, 0.2) is 138 Å². The number of carbonyl (C=O) groups excluding carboxylic acids is 4. The van der Waals surface area contributed by atoms with Gasteiger partial charge in [-0.15, -0.1) is 10.2 Å². The van der Waals surface area contributed by atoms with Gasteiger partial charge in [-0.05, 0) is 98.5 Å². The molecule has 3 fully saturated rings. The van der Waals surface area contributed by atoms with Crippen molar-refractivity contribution in [2.45, 2.75) is 151 Å². The SMILES string of the molecule is NN=C(C=Nc1ccc(O)c(F)c1)c1ccc2cc(OCCCC(=O)NC(COCCC(=O)NCCOCCOCCOCC/C(NCc3ccc(Br)cc3F)=C(/N)[C@H]3OCC[C@@H](O)[C@H]3O)(COCCC(=O)NCCOCCOCCOCCc3c([C@H]4OCC[C@@H](O)[C@H]4O)nnn3Cc3ccc(Br)cc3F)COCCC(=O)NCCOCCOCCOCCc3c([C@H]4OCC[C@@H](O)[C@H]4O)nnn3Cc3ccc(Br)cc3F)ccc2n1. The minimum absolute atomic E-state index is 0.0380. The average molecular weight is 2310 g/mol. The van der Waals surface area contributed by atoms with Crippen LogP contribution < -0.4 is 42.9 Å². The molecule has 8 aromatic rings. The Kier molecular flexibility index (Phi) is 52.6. The molecule has 3 aliphatic rings. The summed E-state index contributed by atoms with van der Waals surface area (Å²) in [4.78, 5) is 63.2. The fourth-order valence-electron chi connectivity index (χ4n) is 15.7. The highest BCUT2D eigenvalue weighted by Crippen LogP contribution is 2.34. The number of aliphatic imine (C=N–C) groups is 1. The van der Waals surface area contributed by atoms with Gasteiger partial charge in [0.15, 0.2) is 11.6 Å². The Labute approximate surface area is 889 Å². The van der Waals surface area contributed by atoms with Gasteiger partial charge in [-0.1, -0.05) is 82.5 Å². The molecule has 3 saturated heterocycles. The molecule has 11 rings (SSSR count). The van der Waals surface area contributed by atoms with E-state index in [0.717, 1.165) is 6.07 Å². The van der Waals surface area contributed by atoms with Gasteiger partial charge in [-0.2, -0.15) is 5.10 Å². The highest BCUT2D eigenvalue weighted by molar-refractivity contribution is 9.11. The van der Waals surface area contributed by atoms with Crippen molar-refractivity contribution in [3.8, 4) is 11.5 Å². The summed E-state index contributed by atoms with van der Waals surface area (Å²) in [6.07, 6.45) is -7.25. The van der Waals surface area contributed by atoms with Crippen LogP contribution in [0.1, 0.15) is 115 Å². The zero-order valence-electron chi connectivity index (χ0n) is 83.0. The van der Waals surface area contributed by atoms with Gasteiger partial charge in [-0.3, -0.25) is 24.2 Å². The van der Waals surface area contributed by atoms with Crippen LogP contribution in [0.25, 0.3) is 10.9 Å². The lowest BCUT2D eigenvalue weighted by Gasteiger charge is -2.34. The van der Waals surface area contributed by atoms with Crippen molar-refractivity contribution in [2.75, 3.05) is 205 Å². The summed E-state index contributed by atoms with van der Waals surface area (Å²) in [7, 11) is 0. The van der Waals surface area contributed by atoms with E-state index < -0.39 is 95.4 Å². The molecule has 0 aliphatic carbocycles. The molecule has 824 valence electrons. The first-order valence-electron chi connectivity index (χ1n) is 49.4. The Balaban J connectivity index is 0.644. The van der Waals surface area contributed by atoms with Crippen molar-refractivity contribution in [2.24, 2.45) is 21.7 Å². The van der Waals surface area contributed by atoms with Crippen LogP contribution in [0.4, 0.5) is 23.2 Å². The average Bonchev–Trinajstić information content (AvgIpc) is 1.67. The first kappa shape index (κ1) is 120. The normalized spacial score (nSPS) is 18.3. The Morgan fingerprint density at radius 3 is 1.37 bits per heavy atom. The Bertz CT molecular complexity index is 5430. The highest BCUT2D eigenvalue weighted by atomic mass is 79.9. The van der Waals surface area contributed by atoms with Gasteiger partial charge >= 0.3 is 0 Å². The Morgan fingerprint density at radius 2 is 0.907 bits per heavy atom. The van der Waals surface area contributed by atoms with Crippen LogP contribution in [0.3, 0.4) is 0 Å². The minimum Gasteiger partial charge on any atom is -0.505 e. The summed E-state index contributed by atoms with van der Waals surface area (Å²) in [5, 5.41) is 109. The van der Waals surface area contributed by atoms with E-state index in [-0.39, 0.29) is 330 Å². The van der Waals surface area contributed by atoms with E-state index in [2.05, 4.69) is 110 Å². The van der Waals surface area contributed by atoms with Crippen molar-refractivity contribution >= 4 is 99.9 Å². The van der Waals surface area contributed by atoms with Gasteiger partial charge < -0.3 is 150 Å². The van der Waals surface area contributed by atoms with E-state index in [0.29, 0.717) is 80.9 Å². The molecule has 16 N–H and O–H groups in total. The molecule has 0 saturated carbocycles. The molecule has 0 unspecified atom stereocenters. The zero-order chi connectivity index (χ0) is 107. The number of phenolic OH excluding ortho intramolecular Hbond substituents is 1. The number of aromatic hydroxyl groups is 1. The second-order valence-corrected chi connectivity index (χ2v) is 37.8. The van der Waals surface area contributed by atoms with Crippen LogP contribution in [0.2, 0.25) is 0 Å². The van der Waals surface area contributed by atoms with Gasteiger partial charge in [0.2, 0.25) is 23.6 Å². The quantitative estimate of drug-likeness (QED) is 0.00728. The molecule has 150 heavy (non-hydrogen) atoms. The number of nitrogens with zero attached hydrogens (tertiary/aromatic N) is 9. The lowest BCUT2D eigenvalue weighted by molar-refractivity contribution is -0.138. The largest absolute Gasteiger partial charge is 0.505 e. The number of phenols is 1. The van der Waals surface area contributed by atoms with Gasteiger partial charge in [0.05, 0.1) is 257 Å². The maximum Gasteiger partial charge on any atom is 0.222 e. The van der Waals surface area contributed by atoms with E-state index >= 15 is 0 Å².